The summed E-state index contributed by atoms with van der Waals surface area (Å²) in [6, 6.07) is 19.9. The molecular formula is C25H23N3O2S. The molecule has 1 N–H and O–H groups in total. The Morgan fingerprint density at radius 1 is 1.06 bits per heavy atom. The Bertz CT molecular complexity index is 1280. The molecule has 1 aliphatic carbocycles. The molecule has 2 aromatic carbocycles. The summed E-state index contributed by atoms with van der Waals surface area (Å²) in [5, 5.41) is 3.83. The molecule has 0 spiro atoms. The summed E-state index contributed by atoms with van der Waals surface area (Å²) in [6.07, 6.45) is 5.22. The van der Waals surface area contributed by atoms with Crippen LogP contribution in [0.5, 0.6) is 0 Å². The molecule has 1 unspecified atom stereocenters. The van der Waals surface area contributed by atoms with Crippen LogP contribution in [0.1, 0.15) is 34.0 Å². The quantitative estimate of drug-likeness (QED) is 0.503. The largest absolute Gasteiger partial charge is 0.347 e. The van der Waals surface area contributed by atoms with E-state index in [1.54, 1.807) is 11.3 Å². The molecule has 5 rings (SSSR count). The van der Waals surface area contributed by atoms with E-state index >= 15 is 0 Å². The number of aromatic nitrogens is 2. The minimum atomic E-state index is -0.195. The van der Waals surface area contributed by atoms with Crippen LogP contribution in [-0.2, 0) is 30.6 Å². The second-order valence-electron chi connectivity index (χ2n) is 7.94. The van der Waals surface area contributed by atoms with Crippen LogP contribution in [0.4, 0.5) is 0 Å². The standard InChI is InChI=1S/C25H23N3O2S/c29-22(15-28-16-26-24-23(25(28)30)19-12-7-13-21(19)31-24)27-20(18-10-5-2-6-11-18)14-17-8-3-1-4-9-17/h1-6,8-11,16,20H,7,12-15H2,(H,27,29). The normalized spacial score (nSPS) is 13.8. The van der Waals surface area contributed by atoms with Crippen molar-refractivity contribution in [2.45, 2.75) is 38.3 Å². The zero-order valence-corrected chi connectivity index (χ0v) is 17.9. The number of benzene rings is 2. The van der Waals surface area contributed by atoms with Crippen LogP contribution in [0.25, 0.3) is 10.2 Å². The molecule has 4 aromatic rings. The predicted molar refractivity (Wildman–Crippen MR) is 123 cm³/mol. The average Bonchev–Trinajstić information content (AvgIpc) is 3.38. The fourth-order valence-corrected chi connectivity index (χ4v) is 5.53. The lowest BCUT2D eigenvalue weighted by molar-refractivity contribution is -0.122. The number of fused-ring (bicyclic) bond motifs is 3. The molecule has 5 nitrogen and oxygen atoms in total. The molecule has 0 fully saturated rings. The molecule has 156 valence electrons. The molecule has 0 bridgehead atoms. The van der Waals surface area contributed by atoms with Gasteiger partial charge in [-0.05, 0) is 42.4 Å². The summed E-state index contributed by atoms with van der Waals surface area (Å²) in [7, 11) is 0. The van der Waals surface area contributed by atoms with Crippen molar-refractivity contribution in [3.63, 3.8) is 0 Å². The lowest BCUT2D eigenvalue weighted by Crippen LogP contribution is -2.35. The molecule has 6 heteroatoms. The number of thiophene rings is 1. The highest BCUT2D eigenvalue weighted by Gasteiger charge is 2.22. The van der Waals surface area contributed by atoms with Gasteiger partial charge in [0.1, 0.15) is 11.4 Å². The van der Waals surface area contributed by atoms with Crippen LogP contribution in [0.3, 0.4) is 0 Å². The van der Waals surface area contributed by atoms with Crippen LogP contribution in [0, 0.1) is 0 Å². The first-order valence-electron chi connectivity index (χ1n) is 10.6. The first-order valence-corrected chi connectivity index (χ1v) is 11.4. The van der Waals surface area contributed by atoms with Gasteiger partial charge in [-0.15, -0.1) is 11.3 Å². The van der Waals surface area contributed by atoms with Gasteiger partial charge in [-0.1, -0.05) is 60.7 Å². The van der Waals surface area contributed by atoms with Crippen LogP contribution < -0.4 is 10.9 Å². The van der Waals surface area contributed by atoms with Crippen molar-refractivity contribution in [3.8, 4) is 0 Å². The molecule has 0 saturated carbocycles. The van der Waals surface area contributed by atoms with Gasteiger partial charge in [0, 0.05) is 4.88 Å². The number of amides is 1. The molecule has 1 atom stereocenters. The van der Waals surface area contributed by atoms with E-state index in [1.807, 2.05) is 48.5 Å². The van der Waals surface area contributed by atoms with E-state index in [0.717, 1.165) is 40.8 Å². The van der Waals surface area contributed by atoms with Crippen LogP contribution in [-0.4, -0.2) is 15.5 Å². The third kappa shape index (κ3) is 4.03. The molecular weight excluding hydrogens is 406 g/mol. The monoisotopic (exact) mass is 429 g/mol. The fourth-order valence-electron chi connectivity index (χ4n) is 4.31. The number of carbonyl (C=O) groups excluding carboxylic acids is 1. The molecule has 0 saturated heterocycles. The molecule has 1 amide bonds. The highest BCUT2D eigenvalue weighted by Crippen LogP contribution is 2.34. The number of hydrogen-bond acceptors (Lipinski definition) is 4. The van der Waals surface area contributed by atoms with Gasteiger partial charge in [-0.25, -0.2) is 4.98 Å². The molecule has 2 heterocycles. The van der Waals surface area contributed by atoms with E-state index in [0.29, 0.717) is 11.8 Å². The van der Waals surface area contributed by atoms with Crippen molar-refractivity contribution in [2.24, 2.45) is 0 Å². The Labute approximate surface area is 184 Å². The smallest absolute Gasteiger partial charge is 0.262 e. The van der Waals surface area contributed by atoms with E-state index < -0.39 is 0 Å². The third-order valence-electron chi connectivity index (χ3n) is 5.83. The SMILES string of the molecule is O=C(Cn1cnc2sc3c(c2c1=O)CCC3)NC(Cc1ccccc1)c1ccccc1. The Morgan fingerprint density at radius 2 is 1.81 bits per heavy atom. The molecule has 0 radical (unpaired) electrons. The van der Waals surface area contributed by atoms with Crippen molar-refractivity contribution in [1.29, 1.82) is 0 Å². The number of carbonyl (C=O) groups is 1. The Balaban J connectivity index is 1.39. The highest BCUT2D eigenvalue weighted by molar-refractivity contribution is 7.18. The zero-order valence-electron chi connectivity index (χ0n) is 17.1. The maximum atomic E-state index is 13.1. The topological polar surface area (TPSA) is 64.0 Å². The van der Waals surface area contributed by atoms with Crippen molar-refractivity contribution in [1.82, 2.24) is 14.9 Å². The van der Waals surface area contributed by atoms with Crippen LogP contribution >= 0.6 is 11.3 Å². The molecule has 2 aromatic heterocycles. The average molecular weight is 430 g/mol. The summed E-state index contributed by atoms with van der Waals surface area (Å²) in [5.41, 5.74) is 3.21. The van der Waals surface area contributed by atoms with Gasteiger partial charge >= 0.3 is 0 Å². The van der Waals surface area contributed by atoms with E-state index in [-0.39, 0.29) is 24.1 Å². The van der Waals surface area contributed by atoms with Crippen LogP contribution in [0.2, 0.25) is 0 Å². The fraction of sp³-hybridized carbons (Fsp3) is 0.240. The number of nitrogens with zero attached hydrogens (tertiary/aromatic N) is 2. The van der Waals surface area contributed by atoms with Gasteiger partial charge in [0.2, 0.25) is 5.91 Å². The van der Waals surface area contributed by atoms with Gasteiger partial charge < -0.3 is 5.32 Å². The molecule has 31 heavy (non-hydrogen) atoms. The van der Waals surface area contributed by atoms with Gasteiger partial charge in [0.15, 0.2) is 0 Å². The lowest BCUT2D eigenvalue weighted by Gasteiger charge is -2.20. The summed E-state index contributed by atoms with van der Waals surface area (Å²) < 4.78 is 1.44. The Morgan fingerprint density at radius 3 is 2.58 bits per heavy atom. The number of hydrogen-bond donors (Lipinski definition) is 1. The maximum absolute atomic E-state index is 13.1. The predicted octanol–water partition coefficient (Wildman–Crippen LogP) is 4.05. The van der Waals surface area contributed by atoms with E-state index in [9.17, 15) is 9.59 Å². The van der Waals surface area contributed by atoms with Crippen molar-refractivity contribution in [2.75, 3.05) is 0 Å². The lowest BCUT2D eigenvalue weighted by atomic mass is 9.99. The summed E-state index contributed by atoms with van der Waals surface area (Å²) >= 11 is 1.61. The summed E-state index contributed by atoms with van der Waals surface area (Å²) in [5.74, 6) is -0.195. The minimum Gasteiger partial charge on any atom is -0.347 e. The first-order chi connectivity index (χ1) is 15.2. The zero-order chi connectivity index (χ0) is 21.2. The second-order valence-corrected chi connectivity index (χ2v) is 9.02. The van der Waals surface area contributed by atoms with E-state index in [1.165, 1.54) is 15.8 Å². The van der Waals surface area contributed by atoms with E-state index in [4.69, 9.17) is 0 Å². The van der Waals surface area contributed by atoms with Gasteiger partial charge in [0.25, 0.3) is 5.56 Å². The first kappa shape index (κ1) is 19.7. The number of nitrogens with one attached hydrogen (secondary N) is 1. The Kier molecular flexibility index (Phi) is 5.38. The number of rotatable bonds is 6. The van der Waals surface area contributed by atoms with Gasteiger partial charge in [-0.2, -0.15) is 0 Å². The minimum absolute atomic E-state index is 0.0372. The van der Waals surface area contributed by atoms with Crippen LogP contribution in [0.15, 0.2) is 71.8 Å². The summed E-state index contributed by atoms with van der Waals surface area (Å²) in [4.78, 5) is 32.6. The van der Waals surface area contributed by atoms with Gasteiger partial charge in [0.05, 0.1) is 17.8 Å². The molecule has 1 aliphatic rings. The summed E-state index contributed by atoms with van der Waals surface area (Å²) in [6.45, 7) is -0.0372. The second kappa shape index (κ2) is 8.47. The highest BCUT2D eigenvalue weighted by atomic mass is 32.1. The van der Waals surface area contributed by atoms with E-state index in [2.05, 4.69) is 22.4 Å². The van der Waals surface area contributed by atoms with Crippen molar-refractivity contribution >= 4 is 27.5 Å². The Hall–Kier alpha value is -3.25. The van der Waals surface area contributed by atoms with Gasteiger partial charge in [-0.3, -0.25) is 14.2 Å². The van der Waals surface area contributed by atoms with Crippen molar-refractivity contribution < 1.29 is 4.79 Å². The third-order valence-corrected chi connectivity index (χ3v) is 7.03. The number of aryl methyl sites for hydroxylation is 2. The maximum Gasteiger partial charge on any atom is 0.262 e. The molecule has 0 aliphatic heterocycles. The van der Waals surface area contributed by atoms with Crippen molar-refractivity contribution in [3.05, 3.63) is 98.9 Å².